The predicted octanol–water partition coefficient (Wildman–Crippen LogP) is 2.16. The number of nitrogens with zero attached hydrogens (tertiary/aromatic N) is 2. The number of amides is 2. The number of allylic oxidation sites excluding steroid dienone is 5. The van der Waals surface area contributed by atoms with E-state index < -0.39 is 29.8 Å². The smallest absolute Gasteiger partial charge is 0.358 e. The average molecular weight is 601 g/mol. The van der Waals surface area contributed by atoms with Crippen molar-refractivity contribution in [2.45, 2.75) is 56.4 Å². The number of fused-ring (bicyclic) bond motifs is 1. The number of likely N-dealkylation sites (tertiary alicyclic amines) is 1. The van der Waals surface area contributed by atoms with Crippen molar-refractivity contribution in [3.05, 3.63) is 77.1 Å². The molecule has 1 aromatic carbocycles. The molecule has 42 heavy (non-hydrogen) atoms. The molecule has 4 unspecified atom stereocenters. The number of nitrogens with two attached hydrogens (primary N) is 1. The number of hydrogen-bond donors (Lipinski definition) is 4. The number of halogens is 1. The van der Waals surface area contributed by atoms with Gasteiger partial charge in [-0.3, -0.25) is 14.4 Å². The standard InChI is InChI=1S/C30H37ClN4O7/c1-5-21(31)11-8-18(2)34(4)28(39)24-7-6-14-35(24)19(3)23(16-32)33-26(37)13-10-20-9-12-25-22(15-20)27(38)30(17-36,42-25)29(40)41/h5,8-9,11-12,15,17,23-24,27,38H,1,3,6-7,10,13-14,16,32H2,2,4H3,(H,33,37)(H,40,41)/b18-8+,21-11+. The summed E-state index contributed by atoms with van der Waals surface area (Å²) in [6.07, 6.45) is 5.02. The Kier molecular flexibility index (Phi) is 10.7. The summed E-state index contributed by atoms with van der Waals surface area (Å²) in [5.74, 6) is -1.92. The number of carboxylic acids is 1. The average Bonchev–Trinajstić information content (AvgIpc) is 3.59. The first kappa shape index (κ1) is 32.6. The number of aldehydes is 1. The SMILES string of the molecule is C=C/C(Cl)=C\C=C(/C)N(C)C(=O)C1CCCN1C(=C)C(CN)NC(=O)CCc1ccc2c(c1)C(O)C(C=O)(C(=O)O)O2. The topological polar surface area (TPSA) is 162 Å². The summed E-state index contributed by atoms with van der Waals surface area (Å²) in [6.45, 7) is 10.2. The van der Waals surface area contributed by atoms with Gasteiger partial charge in [0.05, 0.1) is 6.04 Å². The molecule has 1 aromatic rings. The van der Waals surface area contributed by atoms with E-state index in [4.69, 9.17) is 22.1 Å². The van der Waals surface area contributed by atoms with Crippen molar-refractivity contribution < 1.29 is 34.1 Å². The molecule has 226 valence electrons. The Morgan fingerprint density at radius 1 is 1.36 bits per heavy atom. The molecule has 0 aromatic heterocycles. The molecule has 0 aliphatic carbocycles. The highest BCUT2D eigenvalue weighted by atomic mass is 35.5. The quantitative estimate of drug-likeness (QED) is 0.151. The molecule has 0 spiro atoms. The first-order valence-corrected chi connectivity index (χ1v) is 13.9. The zero-order valence-electron chi connectivity index (χ0n) is 23.7. The number of nitrogens with one attached hydrogen (secondary N) is 1. The van der Waals surface area contributed by atoms with Crippen molar-refractivity contribution in [1.29, 1.82) is 0 Å². The van der Waals surface area contributed by atoms with E-state index in [2.05, 4.69) is 18.5 Å². The zero-order chi connectivity index (χ0) is 31.2. The number of hydrogen-bond acceptors (Lipinski definition) is 8. The van der Waals surface area contributed by atoms with Crippen LogP contribution in [0.25, 0.3) is 0 Å². The lowest BCUT2D eigenvalue weighted by molar-refractivity contribution is -0.164. The largest absolute Gasteiger partial charge is 0.478 e. The molecule has 5 N–H and O–H groups in total. The van der Waals surface area contributed by atoms with Gasteiger partial charge in [-0.2, -0.15) is 0 Å². The monoisotopic (exact) mass is 600 g/mol. The van der Waals surface area contributed by atoms with Gasteiger partial charge in [0, 0.05) is 48.5 Å². The van der Waals surface area contributed by atoms with E-state index in [1.807, 2.05) is 4.90 Å². The fraction of sp³-hybridized carbons (Fsp3) is 0.400. The van der Waals surface area contributed by atoms with Crippen LogP contribution in [0.15, 0.2) is 66.0 Å². The van der Waals surface area contributed by atoms with Gasteiger partial charge < -0.3 is 35.8 Å². The van der Waals surface area contributed by atoms with Crippen molar-refractivity contribution in [2.75, 3.05) is 20.1 Å². The van der Waals surface area contributed by atoms with Crippen molar-refractivity contribution in [1.82, 2.24) is 15.1 Å². The maximum Gasteiger partial charge on any atom is 0.358 e. The van der Waals surface area contributed by atoms with E-state index in [9.17, 15) is 29.4 Å². The van der Waals surface area contributed by atoms with Crippen molar-refractivity contribution >= 4 is 35.7 Å². The highest BCUT2D eigenvalue weighted by molar-refractivity contribution is 6.31. The molecule has 0 radical (unpaired) electrons. The highest BCUT2D eigenvalue weighted by Crippen LogP contribution is 2.43. The molecule has 1 fully saturated rings. The minimum absolute atomic E-state index is 0.0626. The number of benzene rings is 1. The van der Waals surface area contributed by atoms with Gasteiger partial charge in [0.15, 0.2) is 6.29 Å². The van der Waals surface area contributed by atoms with Gasteiger partial charge in [0.2, 0.25) is 11.8 Å². The number of aliphatic hydroxyl groups is 1. The Balaban J connectivity index is 1.62. The Morgan fingerprint density at radius 3 is 2.69 bits per heavy atom. The third-order valence-corrected chi connectivity index (χ3v) is 7.90. The Hall–Kier alpha value is -3.93. The minimum Gasteiger partial charge on any atom is -0.478 e. The van der Waals surface area contributed by atoms with Gasteiger partial charge in [0.25, 0.3) is 5.60 Å². The molecule has 0 bridgehead atoms. The van der Waals surface area contributed by atoms with Crippen LogP contribution in [-0.2, 0) is 25.6 Å². The van der Waals surface area contributed by atoms with E-state index in [0.29, 0.717) is 35.0 Å². The van der Waals surface area contributed by atoms with Crippen LogP contribution in [0.2, 0.25) is 0 Å². The lowest BCUT2D eigenvalue weighted by atomic mass is 9.93. The molecule has 11 nitrogen and oxygen atoms in total. The van der Waals surface area contributed by atoms with Crippen LogP contribution in [0.1, 0.15) is 43.4 Å². The summed E-state index contributed by atoms with van der Waals surface area (Å²) in [5, 5.41) is 23.2. The summed E-state index contributed by atoms with van der Waals surface area (Å²) < 4.78 is 5.25. The highest BCUT2D eigenvalue weighted by Gasteiger charge is 2.55. The second-order valence-electron chi connectivity index (χ2n) is 10.3. The lowest BCUT2D eigenvalue weighted by Crippen LogP contribution is -2.50. The Bertz CT molecular complexity index is 1330. The van der Waals surface area contributed by atoms with Crippen LogP contribution in [0.3, 0.4) is 0 Å². The lowest BCUT2D eigenvalue weighted by Gasteiger charge is -2.34. The molecule has 2 aliphatic rings. The molecule has 3 rings (SSSR count). The second kappa shape index (κ2) is 13.8. The van der Waals surface area contributed by atoms with Crippen LogP contribution in [0.4, 0.5) is 0 Å². The van der Waals surface area contributed by atoms with Gasteiger partial charge in [-0.25, -0.2) is 4.79 Å². The third-order valence-electron chi connectivity index (χ3n) is 7.62. The first-order valence-electron chi connectivity index (χ1n) is 13.5. The van der Waals surface area contributed by atoms with Crippen LogP contribution in [0.5, 0.6) is 5.75 Å². The molecule has 2 heterocycles. The van der Waals surface area contributed by atoms with Gasteiger partial charge >= 0.3 is 5.97 Å². The molecule has 1 saturated heterocycles. The summed E-state index contributed by atoms with van der Waals surface area (Å²) >= 11 is 5.97. The first-order chi connectivity index (χ1) is 19.9. The van der Waals surface area contributed by atoms with E-state index in [1.54, 1.807) is 37.1 Å². The maximum atomic E-state index is 13.3. The molecular weight excluding hydrogens is 564 g/mol. The summed E-state index contributed by atoms with van der Waals surface area (Å²) in [7, 11) is 1.69. The van der Waals surface area contributed by atoms with E-state index in [0.717, 1.165) is 6.42 Å². The number of ether oxygens (including phenoxy) is 1. The normalized spacial score (nSPS) is 22.5. The predicted molar refractivity (Wildman–Crippen MR) is 157 cm³/mol. The van der Waals surface area contributed by atoms with Crippen LogP contribution in [0, 0.1) is 0 Å². The van der Waals surface area contributed by atoms with E-state index in [1.165, 1.54) is 18.2 Å². The fourth-order valence-corrected chi connectivity index (χ4v) is 5.04. The van der Waals surface area contributed by atoms with Crippen molar-refractivity contribution in [2.24, 2.45) is 5.73 Å². The van der Waals surface area contributed by atoms with Crippen molar-refractivity contribution in [3.8, 4) is 5.75 Å². The number of carbonyl (C=O) groups excluding carboxylic acids is 3. The summed E-state index contributed by atoms with van der Waals surface area (Å²) in [6, 6.07) is 3.57. The van der Waals surface area contributed by atoms with Gasteiger partial charge in [-0.15, -0.1) is 0 Å². The number of likely N-dealkylation sites (N-methyl/N-ethyl adjacent to an activating group) is 1. The number of aliphatic carboxylic acids is 1. The number of rotatable bonds is 13. The molecule has 2 amide bonds. The van der Waals surface area contributed by atoms with Crippen LogP contribution >= 0.6 is 11.6 Å². The van der Waals surface area contributed by atoms with Gasteiger partial charge in [-0.1, -0.05) is 36.9 Å². The molecule has 12 heteroatoms. The van der Waals surface area contributed by atoms with Gasteiger partial charge in [-0.05, 0) is 56.0 Å². The molecule has 0 saturated carbocycles. The number of aliphatic hydroxyl groups excluding tert-OH is 1. The second-order valence-corrected chi connectivity index (χ2v) is 10.7. The zero-order valence-corrected chi connectivity index (χ0v) is 24.5. The molecular formula is C30H37ClN4O7. The van der Waals surface area contributed by atoms with E-state index >= 15 is 0 Å². The number of carbonyl (C=O) groups is 4. The summed E-state index contributed by atoms with van der Waals surface area (Å²) in [5.41, 5.74) is 5.64. The summed E-state index contributed by atoms with van der Waals surface area (Å²) in [4.78, 5) is 52.7. The minimum atomic E-state index is -2.40. The Labute approximate surface area is 249 Å². The number of aryl methyl sites for hydroxylation is 1. The van der Waals surface area contributed by atoms with Crippen LogP contribution in [-0.4, -0.2) is 81.9 Å². The fourth-order valence-electron chi connectivity index (χ4n) is 4.98. The molecule has 2 aliphatic heterocycles. The Morgan fingerprint density at radius 2 is 2.07 bits per heavy atom. The van der Waals surface area contributed by atoms with Crippen LogP contribution < -0.4 is 15.8 Å². The third kappa shape index (κ3) is 6.75. The van der Waals surface area contributed by atoms with E-state index in [-0.39, 0.29) is 48.8 Å². The van der Waals surface area contributed by atoms with Gasteiger partial charge in [0.1, 0.15) is 17.9 Å². The maximum absolute atomic E-state index is 13.3. The number of carboxylic acid groups (broad SMARTS) is 1. The molecule has 4 atom stereocenters. The van der Waals surface area contributed by atoms with Crippen molar-refractivity contribution in [3.63, 3.8) is 0 Å².